The molecule has 0 unspecified atom stereocenters. The van der Waals surface area contributed by atoms with Crippen molar-refractivity contribution >= 4 is 55.1 Å². The summed E-state index contributed by atoms with van der Waals surface area (Å²) in [5.41, 5.74) is 2.90. The predicted octanol–water partition coefficient (Wildman–Crippen LogP) is 7.31. The Hall–Kier alpha value is -3.66. The van der Waals surface area contributed by atoms with E-state index in [2.05, 4.69) is 21.2 Å². The first-order valence-corrected chi connectivity index (χ1v) is 17.9. The third kappa shape index (κ3) is 8.57. The second-order valence-corrected chi connectivity index (χ2v) is 14.9. The molecule has 10 heteroatoms. The average molecular weight is 723 g/mol. The van der Waals surface area contributed by atoms with Gasteiger partial charge in [-0.3, -0.25) is 13.9 Å². The van der Waals surface area contributed by atoms with Gasteiger partial charge in [-0.15, -0.1) is 0 Å². The Morgan fingerprint density at radius 1 is 0.870 bits per heavy atom. The number of hydrogen-bond acceptors (Lipinski definition) is 4. The van der Waals surface area contributed by atoms with E-state index in [1.807, 2.05) is 61.5 Å². The highest BCUT2D eigenvalue weighted by Gasteiger charge is 2.35. The van der Waals surface area contributed by atoms with Gasteiger partial charge in [0.1, 0.15) is 12.6 Å². The molecule has 7 nitrogen and oxygen atoms in total. The highest BCUT2D eigenvalue weighted by Crippen LogP contribution is 2.27. The van der Waals surface area contributed by atoms with Crippen LogP contribution in [-0.2, 0) is 32.6 Å². The van der Waals surface area contributed by atoms with Crippen LogP contribution in [0, 0.1) is 6.92 Å². The summed E-state index contributed by atoms with van der Waals surface area (Å²) in [4.78, 5) is 30.2. The molecule has 46 heavy (non-hydrogen) atoms. The molecule has 1 aliphatic carbocycles. The van der Waals surface area contributed by atoms with E-state index in [4.69, 9.17) is 11.6 Å². The van der Waals surface area contributed by atoms with Crippen molar-refractivity contribution < 1.29 is 18.0 Å². The largest absolute Gasteiger partial charge is 0.352 e. The van der Waals surface area contributed by atoms with Crippen LogP contribution in [0.1, 0.15) is 42.4 Å². The van der Waals surface area contributed by atoms with E-state index >= 15 is 0 Å². The molecular weight excluding hydrogens is 686 g/mol. The molecule has 5 rings (SSSR count). The van der Waals surface area contributed by atoms with Crippen molar-refractivity contribution in [1.82, 2.24) is 10.2 Å². The van der Waals surface area contributed by atoms with Crippen LogP contribution in [0.2, 0.25) is 5.02 Å². The maximum atomic E-state index is 14.6. The number of anilines is 1. The summed E-state index contributed by atoms with van der Waals surface area (Å²) in [5.74, 6) is -0.753. The molecule has 1 saturated carbocycles. The van der Waals surface area contributed by atoms with Gasteiger partial charge in [-0.25, -0.2) is 8.42 Å². The van der Waals surface area contributed by atoms with E-state index in [9.17, 15) is 18.0 Å². The number of carbonyl (C=O) groups excluding carboxylic acids is 2. The highest BCUT2D eigenvalue weighted by molar-refractivity contribution is 9.10. The summed E-state index contributed by atoms with van der Waals surface area (Å²) in [6, 6.07) is 29.1. The normalized spacial score (nSPS) is 14.1. The predicted molar refractivity (Wildman–Crippen MR) is 186 cm³/mol. The van der Waals surface area contributed by atoms with Gasteiger partial charge < -0.3 is 10.2 Å². The van der Waals surface area contributed by atoms with Crippen LogP contribution in [0.15, 0.2) is 112 Å². The molecule has 0 radical (unpaired) electrons. The van der Waals surface area contributed by atoms with E-state index in [1.54, 1.807) is 36.4 Å². The lowest BCUT2D eigenvalue weighted by molar-refractivity contribution is -0.140. The lowest BCUT2D eigenvalue weighted by Gasteiger charge is -2.34. The van der Waals surface area contributed by atoms with Crippen LogP contribution >= 0.6 is 27.5 Å². The molecular formula is C36H37BrClN3O4S. The monoisotopic (exact) mass is 721 g/mol. The van der Waals surface area contributed by atoms with Crippen molar-refractivity contribution in [3.8, 4) is 0 Å². The highest BCUT2D eigenvalue weighted by atomic mass is 79.9. The van der Waals surface area contributed by atoms with Gasteiger partial charge in [-0.2, -0.15) is 0 Å². The van der Waals surface area contributed by atoms with Gasteiger partial charge in [-0.05, 0) is 79.4 Å². The van der Waals surface area contributed by atoms with Crippen molar-refractivity contribution in [1.29, 1.82) is 0 Å². The second-order valence-electron chi connectivity index (χ2n) is 11.6. The van der Waals surface area contributed by atoms with E-state index in [-0.39, 0.29) is 35.5 Å². The maximum absolute atomic E-state index is 14.6. The molecule has 4 aromatic rings. The van der Waals surface area contributed by atoms with Gasteiger partial charge in [0.05, 0.1) is 10.6 Å². The summed E-state index contributed by atoms with van der Waals surface area (Å²) in [6.07, 6.45) is 4.14. The molecule has 0 bridgehead atoms. The summed E-state index contributed by atoms with van der Waals surface area (Å²) in [6.45, 7) is 1.47. The van der Waals surface area contributed by atoms with E-state index < -0.39 is 28.5 Å². The first-order chi connectivity index (χ1) is 22.1. The van der Waals surface area contributed by atoms with Gasteiger partial charge in [0, 0.05) is 28.5 Å². The van der Waals surface area contributed by atoms with Crippen LogP contribution in [0.4, 0.5) is 5.69 Å². The number of hydrogen-bond donors (Lipinski definition) is 1. The van der Waals surface area contributed by atoms with Gasteiger partial charge in [0.25, 0.3) is 10.0 Å². The summed E-state index contributed by atoms with van der Waals surface area (Å²) < 4.78 is 30.3. The Kier molecular flexibility index (Phi) is 11.2. The lowest BCUT2D eigenvalue weighted by atomic mass is 10.0. The number of sulfonamides is 1. The fourth-order valence-corrected chi connectivity index (χ4v) is 7.49. The second kappa shape index (κ2) is 15.3. The smallest absolute Gasteiger partial charge is 0.264 e. The van der Waals surface area contributed by atoms with Crippen molar-refractivity contribution in [3.63, 3.8) is 0 Å². The summed E-state index contributed by atoms with van der Waals surface area (Å²) in [7, 11) is -4.18. The third-order valence-electron chi connectivity index (χ3n) is 8.24. The van der Waals surface area contributed by atoms with Crippen molar-refractivity contribution in [2.24, 2.45) is 0 Å². The third-order valence-corrected chi connectivity index (χ3v) is 10.8. The zero-order chi connectivity index (χ0) is 32.7. The molecule has 0 spiro atoms. The number of halogens is 2. The summed E-state index contributed by atoms with van der Waals surface area (Å²) >= 11 is 9.63. The van der Waals surface area contributed by atoms with Gasteiger partial charge in [0.2, 0.25) is 11.8 Å². The van der Waals surface area contributed by atoms with Gasteiger partial charge in [-0.1, -0.05) is 101 Å². The van der Waals surface area contributed by atoms with Gasteiger partial charge in [0.15, 0.2) is 0 Å². The minimum absolute atomic E-state index is 0.0443. The molecule has 240 valence electrons. The Labute approximate surface area is 284 Å². The topological polar surface area (TPSA) is 86.8 Å². The fourth-order valence-electron chi connectivity index (χ4n) is 5.68. The van der Waals surface area contributed by atoms with Crippen molar-refractivity contribution in [2.45, 2.75) is 62.6 Å². The van der Waals surface area contributed by atoms with Crippen LogP contribution in [-0.4, -0.2) is 43.8 Å². The number of nitrogens with zero attached hydrogens (tertiary/aromatic N) is 2. The Bertz CT molecular complexity index is 1730. The van der Waals surface area contributed by atoms with Crippen LogP contribution < -0.4 is 9.62 Å². The Balaban J connectivity index is 1.55. The molecule has 1 atom stereocenters. The van der Waals surface area contributed by atoms with E-state index in [1.165, 1.54) is 17.0 Å². The Morgan fingerprint density at radius 2 is 1.50 bits per heavy atom. The number of carbonyl (C=O) groups is 2. The van der Waals surface area contributed by atoms with Crippen molar-refractivity contribution in [2.75, 3.05) is 10.8 Å². The fraction of sp³-hybridized carbons (Fsp3) is 0.278. The number of rotatable bonds is 12. The first kappa shape index (κ1) is 33.7. The molecule has 1 fully saturated rings. The van der Waals surface area contributed by atoms with Crippen LogP contribution in [0.25, 0.3) is 0 Å². The average Bonchev–Trinajstić information content (AvgIpc) is 3.56. The number of amides is 2. The van der Waals surface area contributed by atoms with Crippen LogP contribution in [0.3, 0.4) is 0 Å². The number of benzene rings is 4. The molecule has 1 N–H and O–H groups in total. The molecule has 1 aliphatic rings. The van der Waals surface area contributed by atoms with E-state index in [0.717, 1.165) is 51.2 Å². The molecule has 0 aromatic heterocycles. The maximum Gasteiger partial charge on any atom is 0.264 e. The lowest BCUT2D eigenvalue weighted by Crippen LogP contribution is -2.54. The van der Waals surface area contributed by atoms with Gasteiger partial charge >= 0.3 is 0 Å². The molecule has 2 amide bonds. The standard InChI is InChI=1S/C36H37BrClN3O4S/c1-26-11-21-33(22-12-26)46(44,45)41(32-19-17-30(38)18-20-32)25-35(42)40(24-28-13-15-29(37)16-14-28)34(23-27-7-3-2-4-8-27)36(43)39-31-9-5-6-10-31/h2-4,7-8,11-22,31,34H,5-6,9-10,23-25H2,1H3,(H,39,43)/t34-/m0/s1. The quantitative estimate of drug-likeness (QED) is 0.166. The van der Waals surface area contributed by atoms with Crippen molar-refractivity contribution in [3.05, 3.63) is 129 Å². The molecule has 4 aromatic carbocycles. The number of nitrogens with one attached hydrogen (secondary N) is 1. The van der Waals surface area contributed by atoms with Crippen LogP contribution in [0.5, 0.6) is 0 Å². The SMILES string of the molecule is Cc1ccc(S(=O)(=O)N(CC(=O)N(Cc2ccc(Br)cc2)[C@@H](Cc2ccccc2)C(=O)NC2CCCC2)c2ccc(Cl)cc2)cc1. The first-order valence-electron chi connectivity index (χ1n) is 15.3. The molecule has 0 aliphatic heterocycles. The minimum atomic E-state index is -4.18. The summed E-state index contributed by atoms with van der Waals surface area (Å²) in [5, 5.41) is 3.63. The minimum Gasteiger partial charge on any atom is -0.352 e. The zero-order valence-electron chi connectivity index (χ0n) is 25.6. The molecule has 0 saturated heterocycles. The Morgan fingerprint density at radius 3 is 2.13 bits per heavy atom. The molecule has 0 heterocycles. The van der Waals surface area contributed by atoms with E-state index in [0.29, 0.717) is 5.02 Å². The number of aryl methyl sites for hydroxylation is 1. The zero-order valence-corrected chi connectivity index (χ0v) is 28.8.